The summed E-state index contributed by atoms with van der Waals surface area (Å²) >= 11 is 3.36. The molecule has 1 aromatic heterocycles. The second-order valence-corrected chi connectivity index (χ2v) is 9.20. The highest BCUT2D eigenvalue weighted by Crippen LogP contribution is 2.33. The summed E-state index contributed by atoms with van der Waals surface area (Å²) in [5.74, 6) is 0.992. The van der Waals surface area contributed by atoms with Crippen molar-refractivity contribution in [3.05, 3.63) is 40.9 Å². The molecule has 1 fully saturated rings. The van der Waals surface area contributed by atoms with Gasteiger partial charge in [-0.05, 0) is 37.5 Å². The van der Waals surface area contributed by atoms with Gasteiger partial charge in [0.1, 0.15) is 10.5 Å². The smallest absolute Gasteiger partial charge is 0.227 e. The third-order valence-electron chi connectivity index (χ3n) is 4.92. The molecule has 2 aromatic rings. The van der Waals surface area contributed by atoms with Gasteiger partial charge < -0.3 is 4.90 Å². The number of unbranched alkanes of at least 4 members (excludes halogenated alkanes) is 2. The molecule has 0 radical (unpaired) electrons. The number of amides is 1. The Hall–Kier alpha value is -1.40. The van der Waals surface area contributed by atoms with E-state index in [-0.39, 0.29) is 11.9 Å². The van der Waals surface area contributed by atoms with Crippen molar-refractivity contribution in [3.8, 4) is 0 Å². The molecule has 1 aliphatic heterocycles. The van der Waals surface area contributed by atoms with Crippen LogP contribution in [0.25, 0.3) is 0 Å². The predicted octanol–water partition coefficient (Wildman–Crippen LogP) is 6.33. The van der Waals surface area contributed by atoms with Crippen LogP contribution in [0, 0.1) is 6.92 Å². The Morgan fingerprint density at radius 2 is 2.11 bits per heavy atom. The van der Waals surface area contributed by atoms with E-state index >= 15 is 0 Å². The summed E-state index contributed by atoms with van der Waals surface area (Å²) in [6.07, 6.45) is 4.18. The zero-order valence-corrected chi connectivity index (χ0v) is 17.6. The number of aromatic nitrogens is 1. The van der Waals surface area contributed by atoms with Crippen molar-refractivity contribution in [3.63, 3.8) is 0 Å². The van der Waals surface area contributed by atoms with Gasteiger partial charge in [-0.1, -0.05) is 50.1 Å². The first-order valence-electron chi connectivity index (χ1n) is 9.69. The van der Waals surface area contributed by atoms with E-state index in [2.05, 4.69) is 11.9 Å². The Kier molecular flexibility index (Phi) is 7.30. The third-order valence-corrected chi connectivity index (χ3v) is 7.20. The number of hydrogen-bond acceptors (Lipinski definition) is 4. The molecular weight excluding hydrogens is 379 g/mol. The molecule has 3 rings (SSSR count). The number of thioether (sulfide) groups is 1. The fraction of sp³-hybridized carbons (Fsp3) is 0.524. The van der Waals surface area contributed by atoms with Crippen LogP contribution in [0.3, 0.4) is 0 Å². The summed E-state index contributed by atoms with van der Waals surface area (Å²) < 4.78 is 15.4. The minimum atomic E-state index is -0.917. The minimum absolute atomic E-state index is 0.156. The number of thiazole rings is 1. The van der Waals surface area contributed by atoms with E-state index < -0.39 is 6.17 Å². The molecule has 1 unspecified atom stereocenters. The predicted molar refractivity (Wildman–Crippen MR) is 113 cm³/mol. The van der Waals surface area contributed by atoms with Gasteiger partial charge in [0.05, 0.1) is 0 Å². The van der Waals surface area contributed by atoms with Crippen LogP contribution in [0.5, 0.6) is 0 Å². The Morgan fingerprint density at radius 1 is 1.33 bits per heavy atom. The molecule has 1 amide bonds. The van der Waals surface area contributed by atoms with Crippen molar-refractivity contribution in [2.24, 2.45) is 0 Å². The SMILES string of the molecule is CCCCCC(F)c1ccc(N2C(=O)CC[C@@H]2CSc2nc(C)cs2)cc1. The molecule has 0 N–H and O–H groups in total. The summed E-state index contributed by atoms with van der Waals surface area (Å²) in [7, 11) is 0. The molecular formula is C21H27FN2OS2. The van der Waals surface area contributed by atoms with Gasteiger partial charge >= 0.3 is 0 Å². The van der Waals surface area contributed by atoms with E-state index in [0.29, 0.717) is 18.4 Å². The van der Waals surface area contributed by atoms with Crippen LogP contribution in [0.4, 0.5) is 10.1 Å². The maximum atomic E-state index is 14.3. The third kappa shape index (κ3) is 5.32. The Morgan fingerprint density at radius 3 is 2.78 bits per heavy atom. The lowest BCUT2D eigenvalue weighted by atomic mass is 10.0. The lowest BCUT2D eigenvalue weighted by molar-refractivity contribution is -0.117. The van der Waals surface area contributed by atoms with Crippen LogP contribution < -0.4 is 4.90 Å². The van der Waals surface area contributed by atoms with Crippen LogP contribution in [-0.4, -0.2) is 22.7 Å². The molecule has 6 heteroatoms. The Bertz CT molecular complexity index is 747. The summed E-state index contributed by atoms with van der Waals surface area (Å²) in [6.45, 7) is 4.12. The molecule has 2 atom stereocenters. The number of alkyl halides is 1. The minimum Gasteiger partial charge on any atom is -0.309 e. The van der Waals surface area contributed by atoms with Gasteiger partial charge in [-0.15, -0.1) is 11.3 Å². The number of halogens is 1. The quantitative estimate of drug-likeness (QED) is 0.360. The molecule has 146 valence electrons. The topological polar surface area (TPSA) is 33.2 Å². The number of carbonyl (C=O) groups excluding carboxylic acids is 1. The maximum Gasteiger partial charge on any atom is 0.227 e. The maximum absolute atomic E-state index is 14.3. The first kappa shape index (κ1) is 20.3. The molecule has 1 aliphatic rings. The van der Waals surface area contributed by atoms with Crippen molar-refractivity contribution in [2.75, 3.05) is 10.7 Å². The van der Waals surface area contributed by atoms with Crippen LogP contribution in [-0.2, 0) is 4.79 Å². The largest absolute Gasteiger partial charge is 0.309 e. The summed E-state index contributed by atoms with van der Waals surface area (Å²) in [4.78, 5) is 18.8. The lowest BCUT2D eigenvalue weighted by Gasteiger charge is -2.25. The monoisotopic (exact) mass is 406 g/mol. The molecule has 1 saturated heterocycles. The second kappa shape index (κ2) is 9.69. The normalized spacial score (nSPS) is 18.3. The number of rotatable bonds is 9. The zero-order chi connectivity index (χ0) is 19.2. The number of hydrogen-bond donors (Lipinski definition) is 0. The average Bonchev–Trinajstić information content (AvgIpc) is 3.25. The molecule has 0 saturated carbocycles. The van der Waals surface area contributed by atoms with Crippen molar-refractivity contribution >= 4 is 34.7 Å². The standard InChI is InChI=1S/C21H27FN2OS2/c1-3-4-5-6-19(22)16-7-9-17(10-8-16)24-18(11-12-20(24)25)14-27-21-23-15(2)13-26-21/h7-10,13,18-19H,3-6,11-12,14H2,1-2H3/t18-,19?/m1/s1. The molecule has 27 heavy (non-hydrogen) atoms. The first-order valence-corrected chi connectivity index (χ1v) is 11.6. The molecule has 0 spiro atoms. The van der Waals surface area contributed by atoms with Gasteiger partial charge in [0.25, 0.3) is 0 Å². The van der Waals surface area contributed by atoms with Crippen LogP contribution in [0.1, 0.15) is 62.9 Å². The van der Waals surface area contributed by atoms with Crippen LogP contribution >= 0.6 is 23.1 Å². The summed E-state index contributed by atoms with van der Waals surface area (Å²) in [5.41, 5.74) is 2.63. The van der Waals surface area contributed by atoms with E-state index in [9.17, 15) is 9.18 Å². The highest BCUT2D eigenvalue weighted by atomic mass is 32.2. The molecule has 0 bridgehead atoms. The van der Waals surface area contributed by atoms with Gasteiger partial charge in [-0.3, -0.25) is 4.79 Å². The number of aryl methyl sites for hydroxylation is 1. The molecule has 1 aromatic carbocycles. The number of anilines is 1. The van der Waals surface area contributed by atoms with E-state index in [1.807, 2.05) is 41.5 Å². The summed E-state index contributed by atoms with van der Waals surface area (Å²) in [5, 5.41) is 2.05. The van der Waals surface area contributed by atoms with Gasteiger partial charge in [0, 0.05) is 35.0 Å². The highest BCUT2D eigenvalue weighted by molar-refractivity contribution is 8.01. The number of carbonyl (C=O) groups is 1. The lowest BCUT2D eigenvalue weighted by Crippen LogP contribution is -2.34. The Balaban J connectivity index is 1.62. The van der Waals surface area contributed by atoms with Crippen molar-refractivity contribution in [1.82, 2.24) is 4.98 Å². The van der Waals surface area contributed by atoms with E-state index in [4.69, 9.17) is 0 Å². The Labute approximate surface area is 169 Å². The highest BCUT2D eigenvalue weighted by Gasteiger charge is 2.32. The van der Waals surface area contributed by atoms with Gasteiger partial charge in [-0.2, -0.15) is 0 Å². The van der Waals surface area contributed by atoms with Gasteiger partial charge in [0.15, 0.2) is 0 Å². The second-order valence-electron chi connectivity index (χ2n) is 7.08. The summed E-state index contributed by atoms with van der Waals surface area (Å²) in [6, 6.07) is 7.65. The molecule has 3 nitrogen and oxygen atoms in total. The van der Waals surface area contributed by atoms with E-state index in [1.165, 1.54) is 0 Å². The van der Waals surface area contributed by atoms with E-state index in [0.717, 1.165) is 47.2 Å². The number of benzene rings is 1. The van der Waals surface area contributed by atoms with Crippen LogP contribution in [0.15, 0.2) is 34.0 Å². The molecule has 2 heterocycles. The first-order chi connectivity index (χ1) is 13.1. The van der Waals surface area contributed by atoms with Crippen molar-refractivity contribution in [1.29, 1.82) is 0 Å². The fourth-order valence-electron chi connectivity index (χ4n) is 3.41. The average molecular weight is 407 g/mol. The van der Waals surface area contributed by atoms with Crippen molar-refractivity contribution in [2.45, 2.75) is 68.9 Å². The van der Waals surface area contributed by atoms with E-state index in [1.54, 1.807) is 23.1 Å². The van der Waals surface area contributed by atoms with Crippen molar-refractivity contribution < 1.29 is 9.18 Å². The fourth-order valence-corrected chi connectivity index (χ4v) is 5.41. The van der Waals surface area contributed by atoms with Gasteiger partial charge in [0.2, 0.25) is 5.91 Å². The molecule has 0 aliphatic carbocycles. The van der Waals surface area contributed by atoms with Gasteiger partial charge in [-0.25, -0.2) is 9.37 Å². The van der Waals surface area contributed by atoms with Crippen LogP contribution in [0.2, 0.25) is 0 Å². The zero-order valence-electron chi connectivity index (χ0n) is 16.0. The number of nitrogens with zero attached hydrogens (tertiary/aromatic N) is 2.